The van der Waals surface area contributed by atoms with Crippen molar-refractivity contribution in [2.75, 3.05) is 5.32 Å². The number of anilines is 1. The summed E-state index contributed by atoms with van der Waals surface area (Å²) in [6, 6.07) is 15.5. The van der Waals surface area contributed by atoms with Crippen molar-refractivity contribution in [3.63, 3.8) is 0 Å². The summed E-state index contributed by atoms with van der Waals surface area (Å²) in [7, 11) is 0. The zero-order valence-corrected chi connectivity index (χ0v) is 14.4. The van der Waals surface area contributed by atoms with E-state index in [2.05, 4.69) is 25.6 Å². The van der Waals surface area contributed by atoms with Crippen LogP contribution in [-0.2, 0) is 6.54 Å². The number of aromatic nitrogens is 5. The Morgan fingerprint density at radius 2 is 1.92 bits per heavy atom. The maximum atomic E-state index is 12.3. The van der Waals surface area contributed by atoms with E-state index in [0.717, 1.165) is 17.0 Å². The molecule has 8 heteroatoms. The highest BCUT2D eigenvalue weighted by molar-refractivity contribution is 7.14. The molecular weight excluding hydrogens is 348 g/mol. The van der Waals surface area contributed by atoms with Gasteiger partial charge < -0.3 is 0 Å². The molecule has 4 aromatic rings. The van der Waals surface area contributed by atoms with Gasteiger partial charge in [-0.25, -0.2) is 9.67 Å². The predicted molar refractivity (Wildman–Crippen MR) is 98.9 cm³/mol. The van der Waals surface area contributed by atoms with E-state index in [1.807, 2.05) is 53.9 Å². The molecule has 1 N–H and O–H groups in total. The molecule has 0 saturated heterocycles. The Hall–Kier alpha value is -3.39. The number of pyridine rings is 1. The molecule has 26 heavy (non-hydrogen) atoms. The molecular formula is C18H14N6OS. The quantitative estimate of drug-likeness (QED) is 0.590. The second kappa shape index (κ2) is 7.24. The number of hydrogen-bond donors (Lipinski definition) is 1. The number of amides is 1. The lowest BCUT2D eigenvalue weighted by atomic mass is 10.2. The maximum absolute atomic E-state index is 12.3. The summed E-state index contributed by atoms with van der Waals surface area (Å²) in [5, 5.41) is 13.0. The molecule has 0 bridgehead atoms. The van der Waals surface area contributed by atoms with E-state index in [9.17, 15) is 4.79 Å². The van der Waals surface area contributed by atoms with Crippen molar-refractivity contribution >= 4 is 22.4 Å². The summed E-state index contributed by atoms with van der Waals surface area (Å²) in [6.07, 6.45) is 3.33. The second-order valence-electron chi connectivity index (χ2n) is 5.49. The fourth-order valence-electron chi connectivity index (χ4n) is 2.37. The van der Waals surface area contributed by atoms with Gasteiger partial charge in [-0.2, -0.15) is 0 Å². The summed E-state index contributed by atoms with van der Waals surface area (Å²) in [5.74, 6) is -0.341. The SMILES string of the molecule is O=C(Nc1nc(-c2ccccn2)cs1)c1cn(Cc2ccccc2)nn1. The minimum Gasteiger partial charge on any atom is -0.296 e. The van der Waals surface area contributed by atoms with Crippen LogP contribution in [0, 0.1) is 0 Å². The number of carbonyl (C=O) groups excluding carboxylic acids is 1. The molecule has 4 rings (SSSR count). The van der Waals surface area contributed by atoms with E-state index in [-0.39, 0.29) is 11.6 Å². The Labute approximate surface area is 153 Å². The largest absolute Gasteiger partial charge is 0.296 e. The summed E-state index contributed by atoms with van der Waals surface area (Å²) in [6.45, 7) is 0.558. The van der Waals surface area contributed by atoms with Crippen LogP contribution in [0.25, 0.3) is 11.4 Å². The van der Waals surface area contributed by atoms with E-state index < -0.39 is 0 Å². The molecule has 0 spiro atoms. The van der Waals surface area contributed by atoms with Gasteiger partial charge in [0.1, 0.15) is 5.69 Å². The molecule has 128 valence electrons. The summed E-state index contributed by atoms with van der Waals surface area (Å²) in [5.41, 5.74) is 2.82. The van der Waals surface area contributed by atoms with E-state index in [1.165, 1.54) is 11.3 Å². The number of thiazole rings is 1. The Morgan fingerprint density at radius 1 is 1.08 bits per heavy atom. The number of hydrogen-bond acceptors (Lipinski definition) is 6. The van der Waals surface area contributed by atoms with Crippen LogP contribution in [0.5, 0.6) is 0 Å². The van der Waals surface area contributed by atoms with Crippen LogP contribution in [0.4, 0.5) is 5.13 Å². The van der Waals surface area contributed by atoms with E-state index in [4.69, 9.17) is 0 Å². The fourth-order valence-corrected chi connectivity index (χ4v) is 3.07. The molecule has 0 aliphatic carbocycles. The summed E-state index contributed by atoms with van der Waals surface area (Å²) >= 11 is 1.34. The number of nitrogens with zero attached hydrogens (tertiary/aromatic N) is 5. The third-order valence-corrected chi connectivity index (χ3v) is 4.37. The summed E-state index contributed by atoms with van der Waals surface area (Å²) in [4.78, 5) is 21.0. The van der Waals surface area contributed by atoms with Crippen molar-refractivity contribution in [3.05, 3.63) is 77.6 Å². The van der Waals surface area contributed by atoms with Crippen molar-refractivity contribution in [2.24, 2.45) is 0 Å². The molecule has 0 fully saturated rings. The lowest BCUT2D eigenvalue weighted by molar-refractivity contribution is 0.102. The normalized spacial score (nSPS) is 10.6. The number of nitrogens with one attached hydrogen (secondary N) is 1. The molecule has 0 aliphatic heterocycles. The van der Waals surface area contributed by atoms with Gasteiger partial charge in [0, 0.05) is 11.6 Å². The average molecular weight is 362 g/mol. The standard InChI is InChI=1S/C18H14N6OS/c25-17(15-11-24(23-22-15)10-13-6-2-1-3-7-13)21-18-20-16(12-26-18)14-8-4-5-9-19-14/h1-9,11-12H,10H2,(H,20,21,25). The van der Waals surface area contributed by atoms with Crippen LogP contribution < -0.4 is 5.32 Å². The van der Waals surface area contributed by atoms with E-state index in [1.54, 1.807) is 17.1 Å². The first-order valence-corrected chi connectivity index (χ1v) is 8.78. The first-order chi connectivity index (χ1) is 12.8. The number of rotatable bonds is 5. The third kappa shape index (κ3) is 3.65. The van der Waals surface area contributed by atoms with Crippen molar-refractivity contribution < 1.29 is 4.79 Å². The minimum atomic E-state index is -0.341. The number of carbonyl (C=O) groups is 1. The van der Waals surface area contributed by atoms with Gasteiger partial charge in [0.2, 0.25) is 0 Å². The highest BCUT2D eigenvalue weighted by atomic mass is 32.1. The van der Waals surface area contributed by atoms with Crippen LogP contribution in [-0.4, -0.2) is 30.9 Å². The zero-order valence-electron chi connectivity index (χ0n) is 13.6. The molecule has 3 aromatic heterocycles. The van der Waals surface area contributed by atoms with Crippen molar-refractivity contribution in [1.82, 2.24) is 25.0 Å². The van der Waals surface area contributed by atoms with Crippen LogP contribution in [0.15, 0.2) is 66.3 Å². The number of benzene rings is 1. The highest BCUT2D eigenvalue weighted by Gasteiger charge is 2.14. The van der Waals surface area contributed by atoms with E-state index >= 15 is 0 Å². The van der Waals surface area contributed by atoms with Gasteiger partial charge in [0.15, 0.2) is 10.8 Å². The highest BCUT2D eigenvalue weighted by Crippen LogP contribution is 2.23. The Morgan fingerprint density at radius 3 is 2.73 bits per heavy atom. The Kier molecular flexibility index (Phi) is 4.48. The van der Waals surface area contributed by atoms with Crippen molar-refractivity contribution in [2.45, 2.75) is 6.54 Å². The van der Waals surface area contributed by atoms with Crippen LogP contribution in [0.1, 0.15) is 16.1 Å². The molecule has 1 amide bonds. The van der Waals surface area contributed by atoms with Crippen LogP contribution in [0.2, 0.25) is 0 Å². The minimum absolute atomic E-state index is 0.246. The van der Waals surface area contributed by atoms with Gasteiger partial charge in [-0.05, 0) is 17.7 Å². The molecule has 3 heterocycles. The molecule has 0 aliphatic rings. The third-order valence-electron chi connectivity index (χ3n) is 3.61. The summed E-state index contributed by atoms with van der Waals surface area (Å²) < 4.78 is 1.63. The maximum Gasteiger partial charge on any atom is 0.279 e. The second-order valence-corrected chi connectivity index (χ2v) is 6.35. The van der Waals surface area contributed by atoms with Gasteiger partial charge in [0.25, 0.3) is 5.91 Å². The molecule has 7 nitrogen and oxygen atoms in total. The first kappa shape index (κ1) is 16.1. The lowest BCUT2D eigenvalue weighted by Gasteiger charge is -1.99. The first-order valence-electron chi connectivity index (χ1n) is 7.90. The van der Waals surface area contributed by atoms with Gasteiger partial charge in [-0.3, -0.25) is 15.1 Å². The molecule has 0 unspecified atom stereocenters. The monoisotopic (exact) mass is 362 g/mol. The van der Waals surface area contributed by atoms with Crippen LogP contribution in [0.3, 0.4) is 0 Å². The predicted octanol–water partition coefficient (Wildman–Crippen LogP) is 3.10. The lowest BCUT2D eigenvalue weighted by Crippen LogP contribution is -2.12. The van der Waals surface area contributed by atoms with E-state index in [0.29, 0.717) is 11.7 Å². The zero-order chi connectivity index (χ0) is 17.8. The van der Waals surface area contributed by atoms with Gasteiger partial charge in [0.05, 0.1) is 18.4 Å². The molecule has 0 atom stereocenters. The molecule has 0 radical (unpaired) electrons. The molecule has 0 saturated carbocycles. The van der Waals surface area contributed by atoms with Gasteiger partial charge in [-0.1, -0.05) is 41.6 Å². The Bertz CT molecular complexity index is 1010. The topological polar surface area (TPSA) is 85.6 Å². The fraction of sp³-hybridized carbons (Fsp3) is 0.0556. The van der Waals surface area contributed by atoms with Crippen molar-refractivity contribution in [3.8, 4) is 11.4 Å². The molecule has 1 aromatic carbocycles. The Balaban J connectivity index is 1.43. The average Bonchev–Trinajstić information content (AvgIpc) is 3.33. The van der Waals surface area contributed by atoms with Gasteiger partial charge in [-0.15, -0.1) is 16.4 Å². The van der Waals surface area contributed by atoms with Crippen molar-refractivity contribution in [1.29, 1.82) is 0 Å². The van der Waals surface area contributed by atoms with Crippen LogP contribution >= 0.6 is 11.3 Å². The smallest absolute Gasteiger partial charge is 0.279 e. The van der Waals surface area contributed by atoms with Gasteiger partial charge >= 0.3 is 0 Å².